The molecular formula is C11H18O3. The maximum Gasteiger partial charge on any atom is 0.303 e. The third-order valence-corrected chi connectivity index (χ3v) is 3.53. The molecule has 0 aromatic rings. The van der Waals surface area contributed by atoms with Crippen LogP contribution in [0.2, 0.25) is 0 Å². The quantitative estimate of drug-likeness (QED) is 0.739. The summed E-state index contributed by atoms with van der Waals surface area (Å²) < 4.78 is 0. The Hall–Kier alpha value is -0.860. The van der Waals surface area contributed by atoms with Crippen LogP contribution in [0.5, 0.6) is 0 Å². The molecule has 1 aliphatic carbocycles. The molecule has 0 saturated heterocycles. The molecule has 3 nitrogen and oxygen atoms in total. The summed E-state index contributed by atoms with van der Waals surface area (Å²) >= 11 is 0. The van der Waals surface area contributed by atoms with Crippen LogP contribution in [0.4, 0.5) is 0 Å². The van der Waals surface area contributed by atoms with Gasteiger partial charge in [-0.15, -0.1) is 0 Å². The molecule has 0 amide bonds. The van der Waals surface area contributed by atoms with E-state index in [1.807, 2.05) is 6.92 Å². The molecule has 0 radical (unpaired) electrons. The van der Waals surface area contributed by atoms with Crippen LogP contribution in [0.25, 0.3) is 0 Å². The van der Waals surface area contributed by atoms with E-state index >= 15 is 0 Å². The molecule has 1 fully saturated rings. The normalized spacial score (nSPS) is 31.5. The van der Waals surface area contributed by atoms with Gasteiger partial charge in [0.15, 0.2) is 0 Å². The van der Waals surface area contributed by atoms with E-state index in [1.54, 1.807) is 0 Å². The zero-order valence-electron chi connectivity index (χ0n) is 9.04. The number of hydrogen-bond donors (Lipinski definition) is 1. The van der Waals surface area contributed by atoms with Crippen LogP contribution in [0.15, 0.2) is 0 Å². The number of carbonyl (C=O) groups is 2. The van der Waals surface area contributed by atoms with Crippen molar-refractivity contribution < 1.29 is 14.7 Å². The van der Waals surface area contributed by atoms with Gasteiger partial charge in [-0.2, -0.15) is 0 Å². The number of carbonyl (C=O) groups excluding carboxylic acids is 1. The Kier molecular flexibility index (Phi) is 2.98. The molecule has 1 saturated carbocycles. The molecule has 80 valence electrons. The van der Waals surface area contributed by atoms with Crippen LogP contribution in [-0.2, 0) is 9.59 Å². The lowest BCUT2D eigenvalue weighted by Gasteiger charge is -2.41. The Labute approximate surface area is 84.5 Å². The monoisotopic (exact) mass is 198 g/mol. The zero-order chi connectivity index (χ0) is 10.9. The molecule has 2 atom stereocenters. The molecule has 0 spiro atoms. The number of Topliss-reactive ketones (excluding diaryl/α,β-unsaturated/α-hetero) is 1. The van der Waals surface area contributed by atoms with E-state index in [2.05, 4.69) is 13.8 Å². The first-order valence-electron chi connectivity index (χ1n) is 5.09. The molecule has 0 unspecified atom stereocenters. The number of hydrogen-bond acceptors (Lipinski definition) is 2. The second-order valence-corrected chi connectivity index (χ2v) is 4.95. The Morgan fingerprint density at radius 2 is 2.14 bits per heavy atom. The van der Waals surface area contributed by atoms with Crippen LogP contribution < -0.4 is 0 Å². The van der Waals surface area contributed by atoms with E-state index in [-0.39, 0.29) is 29.5 Å². The van der Waals surface area contributed by atoms with Gasteiger partial charge in [0.05, 0.1) is 0 Å². The molecule has 0 aromatic heterocycles. The smallest absolute Gasteiger partial charge is 0.303 e. The molecule has 0 aliphatic heterocycles. The van der Waals surface area contributed by atoms with Crippen molar-refractivity contribution in [2.24, 2.45) is 17.3 Å². The van der Waals surface area contributed by atoms with Gasteiger partial charge in [0.2, 0.25) is 0 Å². The lowest BCUT2D eigenvalue weighted by molar-refractivity contribution is -0.142. The van der Waals surface area contributed by atoms with Gasteiger partial charge in [0.1, 0.15) is 5.78 Å². The molecule has 14 heavy (non-hydrogen) atoms. The summed E-state index contributed by atoms with van der Waals surface area (Å²) in [6.07, 6.45) is 1.53. The summed E-state index contributed by atoms with van der Waals surface area (Å²) in [5.74, 6) is -0.698. The minimum Gasteiger partial charge on any atom is -0.481 e. The van der Waals surface area contributed by atoms with Gasteiger partial charge in [0.25, 0.3) is 0 Å². The first kappa shape index (κ1) is 11.2. The minimum atomic E-state index is -0.801. The molecule has 1 rings (SSSR count). The van der Waals surface area contributed by atoms with Gasteiger partial charge in [0, 0.05) is 18.8 Å². The highest BCUT2D eigenvalue weighted by atomic mass is 16.4. The van der Waals surface area contributed by atoms with E-state index < -0.39 is 5.97 Å². The molecule has 0 heterocycles. The van der Waals surface area contributed by atoms with Crippen LogP contribution >= 0.6 is 0 Å². The first-order valence-corrected chi connectivity index (χ1v) is 5.09. The van der Waals surface area contributed by atoms with Gasteiger partial charge in [-0.25, -0.2) is 0 Å². The van der Waals surface area contributed by atoms with E-state index in [1.165, 1.54) is 0 Å². The zero-order valence-corrected chi connectivity index (χ0v) is 9.04. The predicted octanol–water partition coefficient (Wildman–Crippen LogP) is 2.10. The van der Waals surface area contributed by atoms with Crippen molar-refractivity contribution in [2.45, 2.75) is 40.0 Å². The van der Waals surface area contributed by atoms with E-state index in [0.29, 0.717) is 6.42 Å². The van der Waals surface area contributed by atoms with Crippen molar-refractivity contribution in [1.82, 2.24) is 0 Å². The third kappa shape index (κ3) is 2.14. The highest BCUT2D eigenvalue weighted by molar-refractivity contribution is 5.82. The topological polar surface area (TPSA) is 54.4 Å². The molecule has 1 N–H and O–H groups in total. The van der Waals surface area contributed by atoms with Crippen molar-refractivity contribution in [3.8, 4) is 0 Å². The fraction of sp³-hybridized carbons (Fsp3) is 0.818. The second-order valence-electron chi connectivity index (χ2n) is 4.95. The third-order valence-electron chi connectivity index (χ3n) is 3.53. The van der Waals surface area contributed by atoms with Crippen molar-refractivity contribution in [3.63, 3.8) is 0 Å². The summed E-state index contributed by atoms with van der Waals surface area (Å²) in [5, 5.41) is 8.79. The minimum absolute atomic E-state index is 0.0127. The summed E-state index contributed by atoms with van der Waals surface area (Å²) in [5.41, 5.74) is -0.0221. The van der Waals surface area contributed by atoms with Crippen LogP contribution in [0, 0.1) is 17.3 Å². The molecular weight excluding hydrogens is 180 g/mol. The average Bonchev–Trinajstić information content (AvgIpc) is 2.06. The average molecular weight is 198 g/mol. The standard InChI is InChI=1S/C11H18O3/c1-7-8(6-10(13)14)11(2,3)5-4-9(7)12/h7-8H,4-6H2,1-3H3,(H,13,14)/t7-,8+/m1/s1. The van der Waals surface area contributed by atoms with E-state index in [4.69, 9.17) is 5.11 Å². The van der Waals surface area contributed by atoms with Crippen molar-refractivity contribution >= 4 is 11.8 Å². The maximum absolute atomic E-state index is 11.5. The van der Waals surface area contributed by atoms with Crippen molar-refractivity contribution in [3.05, 3.63) is 0 Å². The van der Waals surface area contributed by atoms with Crippen molar-refractivity contribution in [2.75, 3.05) is 0 Å². The fourth-order valence-electron chi connectivity index (χ4n) is 2.40. The molecule has 1 aliphatic rings. The largest absolute Gasteiger partial charge is 0.481 e. The van der Waals surface area contributed by atoms with Gasteiger partial charge >= 0.3 is 5.97 Å². The SMILES string of the molecule is C[C@H]1C(=O)CCC(C)(C)[C@H]1CC(=O)O. The van der Waals surface area contributed by atoms with Crippen LogP contribution in [0.3, 0.4) is 0 Å². The molecule has 3 heteroatoms. The number of carboxylic acid groups (broad SMARTS) is 1. The Balaban J connectivity index is 2.82. The van der Waals surface area contributed by atoms with Gasteiger partial charge < -0.3 is 5.11 Å². The molecule has 0 bridgehead atoms. The van der Waals surface area contributed by atoms with E-state index in [9.17, 15) is 9.59 Å². The van der Waals surface area contributed by atoms with Crippen molar-refractivity contribution in [1.29, 1.82) is 0 Å². The van der Waals surface area contributed by atoms with Crippen LogP contribution in [0.1, 0.15) is 40.0 Å². The maximum atomic E-state index is 11.5. The lowest BCUT2D eigenvalue weighted by Crippen LogP contribution is -2.40. The first-order chi connectivity index (χ1) is 6.34. The summed E-state index contributed by atoms with van der Waals surface area (Å²) in [7, 11) is 0. The fourth-order valence-corrected chi connectivity index (χ4v) is 2.40. The summed E-state index contributed by atoms with van der Waals surface area (Å²) in [6.45, 7) is 5.98. The Morgan fingerprint density at radius 3 is 2.64 bits per heavy atom. The second kappa shape index (κ2) is 3.71. The van der Waals surface area contributed by atoms with Gasteiger partial charge in [-0.1, -0.05) is 20.8 Å². The summed E-state index contributed by atoms with van der Waals surface area (Å²) in [6, 6.07) is 0. The molecule has 0 aromatic carbocycles. The highest BCUT2D eigenvalue weighted by Crippen LogP contribution is 2.43. The van der Waals surface area contributed by atoms with Crippen LogP contribution in [-0.4, -0.2) is 16.9 Å². The number of carboxylic acids is 1. The number of rotatable bonds is 2. The predicted molar refractivity (Wildman–Crippen MR) is 52.9 cm³/mol. The van der Waals surface area contributed by atoms with E-state index in [0.717, 1.165) is 6.42 Å². The van der Waals surface area contributed by atoms with Gasteiger partial charge in [-0.3, -0.25) is 9.59 Å². The highest BCUT2D eigenvalue weighted by Gasteiger charge is 2.41. The number of ketones is 1. The summed E-state index contributed by atoms with van der Waals surface area (Å²) in [4.78, 5) is 22.2. The lowest BCUT2D eigenvalue weighted by atomic mass is 9.62. The Bertz CT molecular complexity index is 255. The number of aliphatic carboxylic acids is 1. The van der Waals surface area contributed by atoms with Gasteiger partial charge in [-0.05, 0) is 17.8 Å². The Morgan fingerprint density at radius 1 is 1.57 bits per heavy atom.